The molecule has 28 heavy (non-hydrogen) atoms. The molecule has 0 aliphatic heterocycles. The lowest BCUT2D eigenvalue weighted by molar-refractivity contribution is 0.560. The largest absolute Gasteiger partial charge is 0.384 e. The number of hydrogen-bond acceptors (Lipinski definition) is 6. The van der Waals surface area contributed by atoms with Crippen molar-refractivity contribution in [2.45, 2.75) is 56.4 Å². The van der Waals surface area contributed by atoms with Crippen molar-refractivity contribution in [3.8, 4) is 0 Å². The molecule has 1 heterocycles. The van der Waals surface area contributed by atoms with Crippen LogP contribution in [0.3, 0.4) is 0 Å². The first kappa shape index (κ1) is 22.9. The van der Waals surface area contributed by atoms with E-state index in [0.717, 1.165) is 62.0 Å². The number of benzene rings is 1. The molecule has 1 atom stereocenters. The van der Waals surface area contributed by atoms with E-state index in [1.54, 1.807) is 5.38 Å². The van der Waals surface area contributed by atoms with Crippen LogP contribution in [0.4, 0.5) is 15.2 Å². The highest BCUT2D eigenvalue weighted by molar-refractivity contribution is 7.93. The van der Waals surface area contributed by atoms with Crippen molar-refractivity contribution in [3.05, 3.63) is 34.5 Å². The number of thiazole rings is 1. The summed E-state index contributed by atoms with van der Waals surface area (Å²) in [5.41, 5.74) is 6.10. The first-order valence-corrected chi connectivity index (χ1v) is 11.9. The molecule has 2 rings (SSSR count). The zero-order chi connectivity index (χ0) is 20.6. The van der Waals surface area contributed by atoms with Gasteiger partial charge in [0, 0.05) is 24.2 Å². The molecular weight excluding hydrogens is 423 g/mol. The standard InChI is InChI=1S/C18H26ClFN4O2S2/c1-13(21)7-5-3-2-4-6-8-22-16-12-15(20)17(11-14(16)19)28(25,26)24-18-23-9-10-27-18/h9-13,22H,2-8,21H2,1H3,(H,23,24)/t13-/m1/s1. The highest BCUT2D eigenvalue weighted by Crippen LogP contribution is 2.29. The third-order valence-corrected chi connectivity index (χ3v) is 6.60. The number of nitrogens with zero attached hydrogens (tertiary/aromatic N) is 1. The van der Waals surface area contributed by atoms with Crippen LogP contribution >= 0.6 is 22.9 Å². The third kappa shape index (κ3) is 7.20. The number of sulfonamides is 1. The minimum Gasteiger partial charge on any atom is -0.384 e. The molecule has 1 aromatic carbocycles. The van der Waals surface area contributed by atoms with Gasteiger partial charge < -0.3 is 11.1 Å². The van der Waals surface area contributed by atoms with Crippen LogP contribution in [0.2, 0.25) is 5.02 Å². The molecular formula is C18H26ClFN4O2S2. The zero-order valence-corrected chi connectivity index (χ0v) is 18.1. The predicted molar refractivity (Wildman–Crippen MR) is 114 cm³/mol. The number of anilines is 2. The second-order valence-electron chi connectivity index (χ2n) is 6.67. The summed E-state index contributed by atoms with van der Waals surface area (Å²) in [6.45, 7) is 2.65. The van der Waals surface area contributed by atoms with E-state index in [1.165, 1.54) is 6.20 Å². The maximum absolute atomic E-state index is 14.4. The Kier molecular flexibility index (Phi) is 8.94. The van der Waals surface area contributed by atoms with E-state index in [9.17, 15) is 12.8 Å². The molecule has 0 saturated carbocycles. The number of hydrogen-bond donors (Lipinski definition) is 3. The SMILES string of the molecule is C[C@@H](N)CCCCCCCNc1cc(F)c(S(=O)(=O)Nc2nccs2)cc1Cl. The van der Waals surface area contributed by atoms with Crippen LogP contribution in [0.5, 0.6) is 0 Å². The molecule has 4 N–H and O–H groups in total. The number of unbranched alkanes of at least 4 members (excludes halogenated alkanes) is 4. The smallest absolute Gasteiger partial charge is 0.266 e. The average Bonchev–Trinajstić information content (AvgIpc) is 3.11. The van der Waals surface area contributed by atoms with Gasteiger partial charge >= 0.3 is 0 Å². The van der Waals surface area contributed by atoms with Gasteiger partial charge in [-0.2, -0.15) is 0 Å². The highest BCUT2D eigenvalue weighted by Gasteiger charge is 2.22. The van der Waals surface area contributed by atoms with Crippen molar-refractivity contribution >= 4 is 43.8 Å². The van der Waals surface area contributed by atoms with Crippen LogP contribution in [-0.2, 0) is 10.0 Å². The van der Waals surface area contributed by atoms with Crippen molar-refractivity contribution in [2.75, 3.05) is 16.6 Å². The van der Waals surface area contributed by atoms with Gasteiger partial charge in [-0.15, -0.1) is 11.3 Å². The maximum atomic E-state index is 14.4. The lowest BCUT2D eigenvalue weighted by Gasteiger charge is -2.12. The summed E-state index contributed by atoms with van der Waals surface area (Å²) in [5.74, 6) is -0.869. The Morgan fingerprint density at radius 2 is 1.96 bits per heavy atom. The normalized spacial score (nSPS) is 12.7. The van der Waals surface area contributed by atoms with Gasteiger partial charge in [-0.1, -0.05) is 37.3 Å². The predicted octanol–water partition coefficient (Wildman–Crippen LogP) is 4.84. The average molecular weight is 449 g/mol. The molecule has 156 valence electrons. The Morgan fingerprint density at radius 1 is 1.25 bits per heavy atom. The minimum atomic E-state index is -4.10. The highest BCUT2D eigenvalue weighted by atomic mass is 35.5. The number of nitrogens with two attached hydrogens (primary N) is 1. The van der Waals surface area contributed by atoms with Gasteiger partial charge in [-0.25, -0.2) is 17.8 Å². The van der Waals surface area contributed by atoms with Crippen molar-refractivity contribution in [1.82, 2.24) is 4.98 Å². The Morgan fingerprint density at radius 3 is 2.64 bits per heavy atom. The summed E-state index contributed by atoms with van der Waals surface area (Å²) >= 11 is 7.26. The molecule has 0 fully saturated rings. The third-order valence-electron chi connectivity index (χ3n) is 4.12. The summed E-state index contributed by atoms with van der Waals surface area (Å²) in [7, 11) is -4.10. The summed E-state index contributed by atoms with van der Waals surface area (Å²) in [4.78, 5) is 3.33. The van der Waals surface area contributed by atoms with Gasteiger partial charge in [0.25, 0.3) is 10.0 Å². The zero-order valence-electron chi connectivity index (χ0n) is 15.7. The molecule has 10 heteroatoms. The Hall–Kier alpha value is -1.42. The maximum Gasteiger partial charge on any atom is 0.266 e. The van der Waals surface area contributed by atoms with E-state index >= 15 is 0 Å². The van der Waals surface area contributed by atoms with Crippen LogP contribution in [0, 0.1) is 5.82 Å². The molecule has 0 saturated heterocycles. The van der Waals surface area contributed by atoms with E-state index in [0.29, 0.717) is 12.2 Å². The topological polar surface area (TPSA) is 97.1 Å². The second-order valence-corrected chi connectivity index (χ2v) is 9.62. The molecule has 0 radical (unpaired) electrons. The quantitative estimate of drug-likeness (QED) is 0.404. The van der Waals surface area contributed by atoms with Crippen LogP contribution in [-0.4, -0.2) is 26.0 Å². The van der Waals surface area contributed by atoms with Gasteiger partial charge in [0.1, 0.15) is 10.7 Å². The number of nitrogens with one attached hydrogen (secondary N) is 2. The summed E-state index contributed by atoms with van der Waals surface area (Å²) < 4.78 is 41.3. The van der Waals surface area contributed by atoms with E-state index in [-0.39, 0.29) is 16.2 Å². The first-order chi connectivity index (χ1) is 13.3. The van der Waals surface area contributed by atoms with Crippen LogP contribution in [0.15, 0.2) is 28.6 Å². The Balaban J connectivity index is 1.86. The van der Waals surface area contributed by atoms with Gasteiger partial charge in [0.2, 0.25) is 0 Å². The molecule has 2 aromatic rings. The Labute approximate surface area is 174 Å². The van der Waals surface area contributed by atoms with Gasteiger partial charge in [-0.3, -0.25) is 4.72 Å². The Bertz CT molecular complexity index is 846. The fourth-order valence-electron chi connectivity index (χ4n) is 2.66. The molecule has 1 aromatic heterocycles. The molecule has 0 amide bonds. The van der Waals surface area contributed by atoms with Gasteiger partial charge in [0.05, 0.1) is 10.7 Å². The molecule has 0 aliphatic rings. The van der Waals surface area contributed by atoms with Crippen molar-refractivity contribution in [1.29, 1.82) is 0 Å². The van der Waals surface area contributed by atoms with Gasteiger partial charge in [0.15, 0.2) is 5.13 Å². The molecule has 0 unspecified atom stereocenters. The van der Waals surface area contributed by atoms with Crippen molar-refractivity contribution in [2.24, 2.45) is 5.73 Å². The summed E-state index contributed by atoms with van der Waals surface area (Å²) in [6.07, 6.45) is 7.87. The van der Waals surface area contributed by atoms with Crippen molar-refractivity contribution in [3.63, 3.8) is 0 Å². The fraction of sp³-hybridized carbons (Fsp3) is 0.500. The fourth-order valence-corrected chi connectivity index (χ4v) is 4.83. The molecule has 6 nitrogen and oxygen atoms in total. The number of aromatic nitrogens is 1. The van der Waals surface area contributed by atoms with Crippen LogP contribution < -0.4 is 15.8 Å². The monoisotopic (exact) mass is 448 g/mol. The lowest BCUT2D eigenvalue weighted by Crippen LogP contribution is -2.15. The molecule has 0 aliphatic carbocycles. The van der Waals surface area contributed by atoms with E-state index < -0.39 is 20.7 Å². The van der Waals surface area contributed by atoms with Crippen LogP contribution in [0.25, 0.3) is 0 Å². The van der Waals surface area contributed by atoms with Crippen LogP contribution in [0.1, 0.15) is 45.4 Å². The summed E-state index contributed by atoms with van der Waals surface area (Å²) in [5, 5.41) is 5.00. The second kappa shape index (κ2) is 10.9. The summed E-state index contributed by atoms with van der Waals surface area (Å²) in [6, 6.07) is 2.48. The lowest BCUT2D eigenvalue weighted by atomic mass is 10.1. The van der Waals surface area contributed by atoms with E-state index in [2.05, 4.69) is 15.0 Å². The number of rotatable bonds is 12. The molecule has 0 bridgehead atoms. The van der Waals surface area contributed by atoms with E-state index in [1.807, 2.05) is 6.92 Å². The first-order valence-electron chi connectivity index (χ1n) is 9.20. The van der Waals surface area contributed by atoms with E-state index in [4.69, 9.17) is 17.3 Å². The number of halogens is 2. The van der Waals surface area contributed by atoms with Gasteiger partial charge in [-0.05, 0) is 31.9 Å². The molecule has 0 spiro atoms. The van der Waals surface area contributed by atoms with Crippen molar-refractivity contribution < 1.29 is 12.8 Å². The minimum absolute atomic E-state index is 0.151.